The maximum Gasteiger partial charge on any atom is 0.222 e. The lowest BCUT2D eigenvalue weighted by molar-refractivity contribution is 0.428. The van der Waals surface area contributed by atoms with Gasteiger partial charge in [0.05, 0.1) is 0 Å². The number of rotatable bonds is 2. The molecule has 0 bridgehead atoms. The van der Waals surface area contributed by atoms with Crippen LogP contribution in [0.3, 0.4) is 0 Å². The molecule has 3 rings (SSSR count). The van der Waals surface area contributed by atoms with Crippen molar-refractivity contribution in [2.24, 2.45) is 0 Å². The first-order valence-corrected chi connectivity index (χ1v) is 5.89. The zero-order chi connectivity index (χ0) is 13.4. The normalized spacial score (nSPS) is 10.9. The quantitative estimate of drug-likeness (QED) is 0.762. The number of fused-ring (bicyclic) bond motifs is 1. The van der Waals surface area contributed by atoms with E-state index >= 15 is 0 Å². The van der Waals surface area contributed by atoms with Crippen LogP contribution in [0, 0.1) is 19.7 Å². The van der Waals surface area contributed by atoms with Gasteiger partial charge in [-0.3, -0.25) is 0 Å². The summed E-state index contributed by atoms with van der Waals surface area (Å²) in [5.74, 6) is 0.678. The zero-order valence-electron chi connectivity index (χ0n) is 10.6. The molecule has 1 N–H and O–H groups in total. The van der Waals surface area contributed by atoms with Gasteiger partial charge in [0, 0.05) is 30.3 Å². The Morgan fingerprint density at radius 3 is 2.89 bits per heavy atom. The van der Waals surface area contributed by atoms with Crippen molar-refractivity contribution in [3.05, 3.63) is 47.8 Å². The molecule has 0 atom stereocenters. The van der Waals surface area contributed by atoms with Gasteiger partial charge in [-0.15, -0.1) is 0 Å². The molecule has 0 saturated carbocycles. The van der Waals surface area contributed by atoms with E-state index in [0.717, 1.165) is 11.2 Å². The van der Waals surface area contributed by atoms with Crippen LogP contribution in [0.25, 0.3) is 10.9 Å². The van der Waals surface area contributed by atoms with Crippen molar-refractivity contribution < 1.29 is 10.6 Å². The highest BCUT2D eigenvalue weighted by Crippen LogP contribution is 2.29. The molecule has 5 heteroatoms. The Morgan fingerprint density at radius 2 is 2.11 bits per heavy atom. The molecule has 98 valence electrons. The molecule has 0 aliphatic carbocycles. The zero-order valence-corrected chi connectivity index (χ0v) is 10.6. The maximum atomic E-state index is 14.3. The van der Waals surface area contributed by atoms with E-state index in [-0.39, 0.29) is 7.18 Å². The fourth-order valence-corrected chi connectivity index (χ4v) is 1.97. The smallest absolute Gasteiger partial charge is 0.222 e. The number of ether oxygens (including phenoxy) is 1. The second kappa shape index (κ2) is 4.35. The van der Waals surface area contributed by atoms with E-state index in [1.54, 1.807) is 37.4 Å². The van der Waals surface area contributed by atoms with Crippen molar-refractivity contribution in [3.63, 3.8) is 0 Å². The van der Waals surface area contributed by atoms with Gasteiger partial charge in [-0.05, 0) is 32.0 Å². The Kier molecular flexibility index (Phi) is 2.67. The number of aromatic amines is 1. The van der Waals surface area contributed by atoms with Gasteiger partial charge in [-0.2, -0.15) is 4.98 Å². The molecule has 0 fully saturated rings. The fraction of sp³-hybridized carbons (Fsp3) is 0.143. The van der Waals surface area contributed by atoms with Gasteiger partial charge < -0.3 is 9.72 Å². The number of hydrogen-bond acceptors (Lipinski definition) is 3. The minimum absolute atomic E-state index is 0. The lowest BCUT2D eigenvalue weighted by atomic mass is 10.2. The SMILES string of the molecule is Cc1nccc(Oc2ccc3[nH]c(C)cc3c2F)n1.[HH]. The standard InChI is InChI=1S/C14H12FN3O.H2/c1-8-7-10-11(17-8)3-4-12(14(10)15)19-13-5-6-16-9(2)18-13;/h3-7,17H,1-2H3;1H. The van der Waals surface area contributed by atoms with Crippen LogP contribution in [0.5, 0.6) is 11.6 Å². The van der Waals surface area contributed by atoms with Crippen LogP contribution >= 0.6 is 0 Å². The van der Waals surface area contributed by atoms with Crippen molar-refractivity contribution in [3.8, 4) is 11.6 Å². The van der Waals surface area contributed by atoms with Gasteiger partial charge in [0.25, 0.3) is 0 Å². The molecule has 4 nitrogen and oxygen atoms in total. The average Bonchev–Trinajstić information content (AvgIpc) is 2.75. The highest BCUT2D eigenvalue weighted by molar-refractivity contribution is 5.82. The lowest BCUT2D eigenvalue weighted by Crippen LogP contribution is -1.94. The second-order valence-electron chi connectivity index (χ2n) is 4.34. The fourth-order valence-electron chi connectivity index (χ4n) is 1.97. The number of aromatic nitrogens is 3. The summed E-state index contributed by atoms with van der Waals surface area (Å²) in [6.07, 6.45) is 1.58. The van der Waals surface area contributed by atoms with Gasteiger partial charge >= 0.3 is 0 Å². The van der Waals surface area contributed by atoms with E-state index in [1.165, 1.54) is 0 Å². The summed E-state index contributed by atoms with van der Waals surface area (Å²) < 4.78 is 19.7. The molecule has 3 aromatic rings. The van der Waals surface area contributed by atoms with E-state index in [4.69, 9.17) is 4.74 Å². The predicted molar refractivity (Wildman–Crippen MR) is 72.0 cm³/mol. The molecule has 0 radical (unpaired) electrons. The number of benzene rings is 1. The third-order valence-electron chi connectivity index (χ3n) is 2.80. The van der Waals surface area contributed by atoms with Crippen LogP contribution < -0.4 is 4.74 Å². The summed E-state index contributed by atoms with van der Waals surface area (Å²) in [5.41, 5.74) is 1.66. The first kappa shape index (κ1) is 11.6. The third kappa shape index (κ3) is 2.14. The largest absolute Gasteiger partial charge is 0.436 e. The summed E-state index contributed by atoms with van der Waals surface area (Å²) in [6, 6.07) is 6.72. The molecule has 0 amide bonds. The molecule has 0 aliphatic heterocycles. The number of halogens is 1. The molecule has 0 spiro atoms. The van der Waals surface area contributed by atoms with Crippen molar-refractivity contribution >= 4 is 10.9 Å². The van der Waals surface area contributed by atoms with Crippen molar-refractivity contribution in [1.82, 2.24) is 15.0 Å². The first-order chi connectivity index (χ1) is 9.13. The van der Waals surface area contributed by atoms with E-state index in [0.29, 0.717) is 17.1 Å². The lowest BCUT2D eigenvalue weighted by Gasteiger charge is -2.06. The van der Waals surface area contributed by atoms with Gasteiger partial charge in [0.15, 0.2) is 11.6 Å². The highest BCUT2D eigenvalue weighted by atomic mass is 19.1. The Labute approximate surface area is 110 Å². The molecular formula is C14H14FN3O. The van der Waals surface area contributed by atoms with E-state index in [1.807, 2.05) is 6.92 Å². The van der Waals surface area contributed by atoms with Crippen LogP contribution in [-0.2, 0) is 0 Å². The van der Waals surface area contributed by atoms with E-state index < -0.39 is 5.82 Å². The van der Waals surface area contributed by atoms with Gasteiger partial charge in [-0.1, -0.05) is 0 Å². The number of H-pyrrole nitrogens is 1. The first-order valence-electron chi connectivity index (χ1n) is 5.89. The van der Waals surface area contributed by atoms with Gasteiger partial charge in [0.1, 0.15) is 5.82 Å². The third-order valence-corrected chi connectivity index (χ3v) is 2.80. The monoisotopic (exact) mass is 259 g/mol. The molecule has 2 aromatic heterocycles. The van der Waals surface area contributed by atoms with E-state index in [9.17, 15) is 4.39 Å². The molecule has 19 heavy (non-hydrogen) atoms. The van der Waals surface area contributed by atoms with Gasteiger partial charge in [0.2, 0.25) is 5.88 Å². The minimum Gasteiger partial charge on any atom is -0.436 e. The summed E-state index contributed by atoms with van der Waals surface area (Å²) in [4.78, 5) is 11.1. The molecule has 0 unspecified atom stereocenters. The average molecular weight is 259 g/mol. The number of nitrogens with one attached hydrogen (secondary N) is 1. The number of nitrogens with zero attached hydrogens (tertiary/aromatic N) is 2. The topological polar surface area (TPSA) is 50.8 Å². The second-order valence-corrected chi connectivity index (χ2v) is 4.34. The van der Waals surface area contributed by atoms with Crippen LogP contribution in [0.4, 0.5) is 4.39 Å². The van der Waals surface area contributed by atoms with Crippen LogP contribution in [0.1, 0.15) is 12.9 Å². The van der Waals surface area contributed by atoms with E-state index in [2.05, 4.69) is 15.0 Å². The molecule has 2 heterocycles. The predicted octanol–water partition coefficient (Wildman–Crippen LogP) is 3.75. The van der Waals surface area contributed by atoms with Crippen LogP contribution in [0.15, 0.2) is 30.5 Å². The Hall–Kier alpha value is -2.43. The number of hydrogen-bond donors (Lipinski definition) is 1. The summed E-state index contributed by atoms with van der Waals surface area (Å²) in [7, 11) is 0. The molecular weight excluding hydrogens is 245 g/mol. The van der Waals surface area contributed by atoms with Crippen LogP contribution in [0.2, 0.25) is 0 Å². The van der Waals surface area contributed by atoms with Crippen molar-refractivity contribution in [1.29, 1.82) is 0 Å². The Balaban J connectivity index is 0.00000147. The molecule has 1 aromatic carbocycles. The summed E-state index contributed by atoms with van der Waals surface area (Å²) >= 11 is 0. The van der Waals surface area contributed by atoms with Crippen LogP contribution in [-0.4, -0.2) is 15.0 Å². The molecule has 0 saturated heterocycles. The van der Waals surface area contributed by atoms with Crippen molar-refractivity contribution in [2.45, 2.75) is 13.8 Å². The minimum atomic E-state index is -0.391. The summed E-state index contributed by atoms with van der Waals surface area (Å²) in [6.45, 7) is 3.63. The Bertz CT molecular complexity index is 757. The van der Waals surface area contributed by atoms with Gasteiger partial charge in [-0.25, -0.2) is 9.37 Å². The van der Waals surface area contributed by atoms with Crippen molar-refractivity contribution in [2.75, 3.05) is 0 Å². The Morgan fingerprint density at radius 1 is 1.26 bits per heavy atom. The summed E-state index contributed by atoms with van der Waals surface area (Å²) in [5, 5.41) is 0.515. The number of aryl methyl sites for hydroxylation is 2. The highest BCUT2D eigenvalue weighted by Gasteiger charge is 2.11. The maximum absolute atomic E-state index is 14.3. The molecule has 0 aliphatic rings.